The molecule has 0 heterocycles. The first-order valence-electron chi connectivity index (χ1n) is 6.86. The van der Waals surface area contributed by atoms with Gasteiger partial charge >= 0.3 is 0 Å². The van der Waals surface area contributed by atoms with E-state index < -0.39 is 4.92 Å². The summed E-state index contributed by atoms with van der Waals surface area (Å²) in [5, 5.41) is 14.3. The topological polar surface area (TPSA) is 73.6 Å². The average molecular weight is 337 g/mol. The molecule has 0 bridgehead atoms. The van der Waals surface area contributed by atoms with Crippen molar-refractivity contribution in [1.29, 1.82) is 0 Å². The summed E-state index contributed by atoms with van der Waals surface area (Å²) in [7, 11) is 3.15. The van der Waals surface area contributed by atoms with E-state index in [0.29, 0.717) is 34.3 Å². The molecule has 0 fully saturated rings. The predicted molar refractivity (Wildman–Crippen MR) is 89.7 cm³/mol. The molecule has 0 atom stereocenters. The van der Waals surface area contributed by atoms with Crippen molar-refractivity contribution in [1.82, 2.24) is 0 Å². The molecule has 6 nitrogen and oxygen atoms in total. The molecular weight excluding hydrogens is 320 g/mol. The van der Waals surface area contributed by atoms with Crippen LogP contribution in [0.1, 0.15) is 11.1 Å². The summed E-state index contributed by atoms with van der Waals surface area (Å²) in [6.45, 7) is 2.21. The number of rotatable bonds is 6. The Morgan fingerprint density at radius 1 is 1.26 bits per heavy atom. The maximum absolute atomic E-state index is 10.8. The van der Waals surface area contributed by atoms with Crippen LogP contribution in [0.25, 0.3) is 0 Å². The number of nitrogens with one attached hydrogen (secondary N) is 1. The number of aryl methyl sites for hydroxylation is 1. The SMILES string of the molecule is COc1cccc(CNc2c(C)cc([N+](=O)[O-])cc2Cl)c1OC. The molecule has 1 N–H and O–H groups in total. The molecular formula is C16H17ClN2O4. The van der Waals surface area contributed by atoms with E-state index in [-0.39, 0.29) is 5.69 Å². The van der Waals surface area contributed by atoms with Gasteiger partial charge in [-0.1, -0.05) is 23.7 Å². The Morgan fingerprint density at radius 3 is 2.57 bits per heavy atom. The van der Waals surface area contributed by atoms with Crippen LogP contribution in [0.4, 0.5) is 11.4 Å². The first-order chi connectivity index (χ1) is 11.0. The van der Waals surface area contributed by atoms with E-state index in [9.17, 15) is 10.1 Å². The van der Waals surface area contributed by atoms with Crippen molar-refractivity contribution < 1.29 is 14.4 Å². The van der Waals surface area contributed by atoms with Crippen molar-refractivity contribution in [3.8, 4) is 11.5 Å². The van der Waals surface area contributed by atoms with Crippen LogP contribution in [-0.4, -0.2) is 19.1 Å². The van der Waals surface area contributed by atoms with Crippen molar-refractivity contribution in [3.63, 3.8) is 0 Å². The fourth-order valence-electron chi connectivity index (χ4n) is 2.33. The lowest BCUT2D eigenvalue weighted by Gasteiger charge is -2.15. The molecule has 0 saturated carbocycles. The second kappa shape index (κ2) is 7.19. The van der Waals surface area contributed by atoms with Crippen LogP contribution in [-0.2, 0) is 6.54 Å². The Labute approximate surface area is 139 Å². The highest BCUT2D eigenvalue weighted by atomic mass is 35.5. The largest absolute Gasteiger partial charge is 0.493 e. The van der Waals surface area contributed by atoms with Crippen molar-refractivity contribution in [2.45, 2.75) is 13.5 Å². The van der Waals surface area contributed by atoms with E-state index in [4.69, 9.17) is 21.1 Å². The second-order valence-corrected chi connectivity index (χ2v) is 5.29. The van der Waals surface area contributed by atoms with E-state index in [2.05, 4.69) is 5.32 Å². The molecule has 2 aromatic carbocycles. The molecule has 2 rings (SSSR count). The van der Waals surface area contributed by atoms with Crippen LogP contribution >= 0.6 is 11.6 Å². The lowest BCUT2D eigenvalue weighted by Crippen LogP contribution is -2.05. The molecule has 0 unspecified atom stereocenters. The molecule has 0 radical (unpaired) electrons. The molecule has 0 aliphatic rings. The van der Waals surface area contributed by atoms with E-state index >= 15 is 0 Å². The van der Waals surface area contributed by atoms with Gasteiger partial charge in [0.1, 0.15) is 0 Å². The maximum atomic E-state index is 10.8. The van der Waals surface area contributed by atoms with Gasteiger partial charge < -0.3 is 14.8 Å². The summed E-state index contributed by atoms with van der Waals surface area (Å²) in [6, 6.07) is 8.40. The third-order valence-corrected chi connectivity index (χ3v) is 3.72. The summed E-state index contributed by atoms with van der Waals surface area (Å²) in [5.41, 5.74) is 2.21. The zero-order chi connectivity index (χ0) is 17.0. The molecule has 0 aromatic heterocycles. The fourth-order valence-corrected chi connectivity index (χ4v) is 2.66. The number of ether oxygens (including phenoxy) is 2. The number of non-ortho nitro benzene ring substituents is 1. The minimum absolute atomic E-state index is 0.0305. The highest BCUT2D eigenvalue weighted by molar-refractivity contribution is 6.33. The molecule has 7 heteroatoms. The molecule has 23 heavy (non-hydrogen) atoms. The first kappa shape index (κ1) is 16.9. The average Bonchev–Trinajstić information content (AvgIpc) is 2.53. The number of hydrogen-bond acceptors (Lipinski definition) is 5. The van der Waals surface area contributed by atoms with Crippen LogP contribution in [0.15, 0.2) is 30.3 Å². The van der Waals surface area contributed by atoms with Crippen LogP contribution < -0.4 is 14.8 Å². The summed E-state index contributed by atoms with van der Waals surface area (Å²) >= 11 is 6.15. The zero-order valence-corrected chi connectivity index (χ0v) is 13.8. The standard InChI is InChI=1S/C16H17ClN2O4/c1-10-7-12(19(20)21)8-13(17)15(10)18-9-11-5-4-6-14(22-2)16(11)23-3/h4-8,18H,9H2,1-3H3. The Bertz CT molecular complexity index is 711. The van der Waals surface area contributed by atoms with Gasteiger partial charge in [-0.05, 0) is 18.6 Å². The maximum Gasteiger partial charge on any atom is 0.271 e. The quantitative estimate of drug-likeness (QED) is 0.632. The normalized spacial score (nSPS) is 10.3. The van der Waals surface area contributed by atoms with Crippen molar-refractivity contribution in [2.75, 3.05) is 19.5 Å². The van der Waals surface area contributed by atoms with Gasteiger partial charge in [-0.2, -0.15) is 0 Å². The number of nitro groups is 1. The number of halogens is 1. The van der Waals surface area contributed by atoms with Crippen LogP contribution in [0, 0.1) is 17.0 Å². The number of nitrogens with zero attached hydrogens (tertiary/aromatic N) is 1. The highest BCUT2D eigenvalue weighted by Gasteiger charge is 2.14. The van der Waals surface area contributed by atoms with Gasteiger partial charge in [-0.25, -0.2) is 0 Å². The zero-order valence-electron chi connectivity index (χ0n) is 13.1. The number of para-hydroxylation sites is 1. The summed E-state index contributed by atoms with van der Waals surface area (Å²) in [6.07, 6.45) is 0. The summed E-state index contributed by atoms with van der Waals surface area (Å²) < 4.78 is 10.6. The fraction of sp³-hybridized carbons (Fsp3) is 0.250. The minimum Gasteiger partial charge on any atom is -0.493 e. The monoisotopic (exact) mass is 336 g/mol. The van der Waals surface area contributed by atoms with E-state index in [0.717, 1.165) is 5.56 Å². The predicted octanol–water partition coefficient (Wildman–Crippen LogP) is 4.19. The van der Waals surface area contributed by atoms with Gasteiger partial charge in [0.2, 0.25) is 0 Å². The van der Waals surface area contributed by atoms with Crippen molar-refractivity contribution >= 4 is 23.0 Å². The van der Waals surface area contributed by atoms with Crippen LogP contribution in [0.2, 0.25) is 5.02 Å². The second-order valence-electron chi connectivity index (χ2n) is 4.88. The van der Waals surface area contributed by atoms with E-state index in [1.54, 1.807) is 21.1 Å². The highest BCUT2D eigenvalue weighted by Crippen LogP contribution is 2.34. The summed E-state index contributed by atoms with van der Waals surface area (Å²) in [5.74, 6) is 1.27. The van der Waals surface area contributed by atoms with Gasteiger partial charge in [0.25, 0.3) is 5.69 Å². The Kier molecular flexibility index (Phi) is 5.28. The van der Waals surface area contributed by atoms with Crippen molar-refractivity contribution in [2.24, 2.45) is 0 Å². The third kappa shape index (κ3) is 3.65. The Hall–Kier alpha value is -2.47. The number of anilines is 1. The van der Waals surface area contributed by atoms with Gasteiger partial charge in [0, 0.05) is 24.2 Å². The molecule has 0 saturated heterocycles. The first-order valence-corrected chi connectivity index (χ1v) is 7.24. The molecule has 122 valence electrons. The molecule has 0 spiro atoms. The third-order valence-electron chi connectivity index (χ3n) is 3.42. The molecule has 0 amide bonds. The number of hydrogen-bond donors (Lipinski definition) is 1. The van der Waals surface area contributed by atoms with Gasteiger partial charge in [0.15, 0.2) is 11.5 Å². The van der Waals surface area contributed by atoms with E-state index in [1.807, 2.05) is 18.2 Å². The molecule has 0 aliphatic heterocycles. The molecule has 0 aliphatic carbocycles. The Balaban J connectivity index is 2.27. The number of nitro benzene ring substituents is 1. The Morgan fingerprint density at radius 2 is 2.00 bits per heavy atom. The van der Waals surface area contributed by atoms with Gasteiger partial charge in [-0.3, -0.25) is 10.1 Å². The lowest BCUT2D eigenvalue weighted by molar-refractivity contribution is -0.384. The van der Waals surface area contributed by atoms with Crippen LogP contribution in [0.5, 0.6) is 11.5 Å². The van der Waals surface area contributed by atoms with Gasteiger partial charge in [-0.15, -0.1) is 0 Å². The van der Waals surface area contributed by atoms with Crippen molar-refractivity contribution in [3.05, 3.63) is 56.6 Å². The summed E-state index contributed by atoms with van der Waals surface area (Å²) in [4.78, 5) is 10.4. The lowest BCUT2D eigenvalue weighted by atomic mass is 10.1. The number of methoxy groups -OCH3 is 2. The smallest absolute Gasteiger partial charge is 0.271 e. The number of benzene rings is 2. The minimum atomic E-state index is -0.465. The van der Waals surface area contributed by atoms with E-state index in [1.165, 1.54) is 12.1 Å². The molecule has 2 aromatic rings. The van der Waals surface area contributed by atoms with Gasteiger partial charge in [0.05, 0.1) is 29.9 Å². The van der Waals surface area contributed by atoms with Crippen LogP contribution in [0.3, 0.4) is 0 Å².